The van der Waals surface area contributed by atoms with Gasteiger partial charge in [0, 0.05) is 61.4 Å². The summed E-state index contributed by atoms with van der Waals surface area (Å²) in [7, 11) is 0. The number of carbonyl (C=O) groups is 1. The molecule has 0 atom stereocenters. The maximum absolute atomic E-state index is 12.9. The molecule has 150 valence electrons. The van der Waals surface area contributed by atoms with Crippen molar-refractivity contribution in [3.05, 3.63) is 82.4 Å². The first-order valence-electron chi connectivity index (χ1n) is 9.88. The van der Waals surface area contributed by atoms with Crippen LogP contribution in [0.5, 0.6) is 0 Å². The Morgan fingerprint density at radius 3 is 2.41 bits per heavy atom. The van der Waals surface area contributed by atoms with E-state index in [1.165, 1.54) is 5.56 Å². The standard InChI is InChI=1S/C23H25ClN4O/c1-17-3-8-21(24)15-22(17)26-11-13-27(14-12-26)23(29)20-6-4-19(5-7-20)16-28-10-9-25-18(28)2/h3-10,15H,11-14,16H2,1-2H3. The lowest BCUT2D eigenvalue weighted by Gasteiger charge is -2.37. The van der Waals surface area contributed by atoms with Crippen LogP contribution in [0.25, 0.3) is 0 Å². The van der Waals surface area contributed by atoms with E-state index in [9.17, 15) is 4.79 Å². The second kappa shape index (κ2) is 8.29. The number of benzene rings is 2. The van der Waals surface area contributed by atoms with Crippen LogP contribution in [-0.4, -0.2) is 46.5 Å². The minimum atomic E-state index is 0.0952. The number of nitrogens with zero attached hydrogens (tertiary/aromatic N) is 4. The van der Waals surface area contributed by atoms with Crippen LogP contribution in [0.1, 0.15) is 27.3 Å². The third kappa shape index (κ3) is 4.30. The van der Waals surface area contributed by atoms with Crippen molar-refractivity contribution in [2.24, 2.45) is 0 Å². The largest absolute Gasteiger partial charge is 0.368 e. The Balaban J connectivity index is 1.38. The maximum Gasteiger partial charge on any atom is 0.253 e. The highest BCUT2D eigenvalue weighted by Gasteiger charge is 2.23. The fourth-order valence-electron chi connectivity index (χ4n) is 3.78. The molecule has 5 nitrogen and oxygen atoms in total. The zero-order chi connectivity index (χ0) is 20.4. The highest BCUT2D eigenvalue weighted by atomic mass is 35.5. The molecule has 1 aliphatic heterocycles. The van der Waals surface area contributed by atoms with Gasteiger partial charge in [-0.2, -0.15) is 0 Å². The predicted octanol–water partition coefficient (Wildman–Crippen LogP) is 4.16. The van der Waals surface area contributed by atoms with E-state index in [1.54, 1.807) is 6.20 Å². The van der Waals surface area contributed by atoms with Crippen LogP contribution >= 0.6 is 11.6 Å². The molecule has 0 radical (unpaired) electrons. The third-order valence-corrected chi connectivity index (χ3v) is 5.79. The van der Waals surface area contributed by atoms with Gasteiger partial charge in [0.2, 0.25) is 0 Å². The Kier molecular flexibility index (Phi) is 5.58. The van der Waals surface area contributed by atoms with Gasteiger partial charge in [0.25, 0.3) is 5.91 Å². The number of anilines is 1. The van der Waals surface area contributed by atoms with Crippen molar-refractivity contribution >= 4 is 23.2 Å². The predicted molar refractivity (Wildman–Crippen MR) is 117 cm³/mol. The molecular weight excluding hydrogens is 384 g/mol. The molecule has 0 spiro atoms. The fourth-order valence-corrected chi connectivity index (χ4v) is 3.94. The normalized spacial score (nSPS) is 14.3. The smallest absolute Gasteiger partial charge is 0.253 e. The summed E-state index contributed by atoms with van der Waals surface area (Å²) < 4.78 is 2.09. The molecule has 1 aliphatic rings. The van der Waals surface area contributed by atoms with Crippen molar-refractivity contribution in [2.45, 2.75) is 20.4 Å². The summed E-state index contributed by atoms with van der Waals surface area (Å²) >= 11 is 6.16. The van der Waals surface area contributed by atoms with E-state index in [2.05, 4.69) is 21.4 Å². The highest BCUT2D eigenvalue weighted by Crippen LogP contribution is 2.25. The Labute approximate surface area is 176 Å². The first-order valence-corrected chi connectivity index (χ1v) is 10.3. The number of imidazole rings is 1. The molecule has 0 saturated carbocycles. The van der Waals surface area contributed by atoms with Crippen molar-refractivity contribution in [1.82, 2.24) is 14.5 Å². The van der Waals surface area contributed by atoms with Gasteiger partial charge >= 0.3 is 0 Å². The molecule has 29 heavy (non-hydrogen) atoms. The molecule has 0 aliphatic carbocycles. The van der Waals surface area contributed by atoms with E-state index >= 15 is 0 Å². The number of halogens is 1. The summed E-state index contributed by atoms with van der Waals surface area (Å²) in [6.07, 6.45) is 3.77. The third-order valence-electron chi connectivity index (χ3n) is 5.56. The number of rotatable bonds is 4. The molecule has 0 bridgehead atoms. The van der Waals surface area contributed by atoms with E-state index in [-0.39, 0.29) is 5.91 Å². The summed E-state index contributed by atoms with van der Waals surface area (Å²) in [5.41, 5.74) is 4.26. The average Bonchev–Trinajstić information content (AvgIpc) is 3.14. The van der Waals surface area contributed by atoms with Crippen LogP contribution in [0.15, 0.2) is 54.9 Å². The first kappa shape index (κ1) is 19.5. The topological polar surface area (TPSA) is 41.4 Å². The number of carbonyl (C=O) groups excluding carboxylic acids is 1. The van der Waals surface area contributed by atoms with Crippen LogP contribution in [-0.2, 0) is 6.54 Å². The monoisotopic (exact) mass is 408 g/mol. The lowest BCUT2D eigenvalue weighted by atomic mass is 10.1. The van der Waals surface area contributed by atoms with E-state index in [0.717, 1.165) is 47.3 Å². The zero-order valence-corrected chi connectivity index (χ0v) is 17.6. The van der Waals surface area contributed by atoms with Gasteiger partial charge in [-0.3, -0.25) is 4.79 Å². The number of aromatic nitrogens is 2. The summed E-state index contributed by atoms with van der Waals surface area (Å²) in [4.78, 5) is 21.4. The van der Waals surface area contributed by atoms with Crippen LogP contribution in [0.3, 0.4) is 0 Å². The molecule has 0 N–H and O–H groups in total. The molecule has 3 aromatic rings. The molecular formula is C23H25ClN4O. The van der Waals surface area contributed by atoms with Crippen molar-refractivity contribution in [3.63, 3.8) is 0 Å². The molecule has 1 amide bonds. The number of aryl methyl sites for hydroxylation is 2. The quantitative estimate of drug-likeness (QED) is 0.650. The SMILES string of the molecule is Cc1ccc(Cl)cc1N1CCN(C(=O)c2ccc(Cn3ccnc3C)cc2)CC1. The summed E-state index contributed by atoms with van der Waals surface area (Å²) in [5, 5.41) is 0.745. The molecule has 4 rings (SSSR count). The number of hydrogen-bond donors (Lipinski definition) is 0. The molecule has 1 fully saturated rings. The van der Waals surface area contributed by atoms with Gasteiger partial charge in [0.1, 0.15) is 5.82 Å². The first-order chi connectivity index (χ1) is 14.0. The highest BCUT2D eigenvalue weighted by molar-refractivity contribution is 6.30. The van der Waals surface area contributed by atoms with Crippen molar-refractivity contribution < 1.29 is 4.79 Å². The second-order valence-corrected chi connectivity index (χ2v) is 7.95. The lowest BCUT2D eigenvalue weighted by Crippen LogP contribution is -2.49. The van der Waals surface area contributed by atoms with Crippen LogP contribution in [0, 0.1) is 13.8 Å². The van der Waals surface area contributed by atoms with Crippen LogP contribution in [0.4, 0.5) is 5.69 Å². The lowest BCUT2D eigenvalue weighted by molar-refractivity contribution is 0.0747. The molecule has 6 heteroatoms. The van der Waals surface area contributed by atoms with Crippen molar-refractivity contribution in [2.75, 3.05) is 31.1 Å². The number of hydrogen-bond acceptors (Lipinski definition) is 3. The van der Waals surface area contributed by atoms with Gasteiger partial charge < -0.3 is 14.4 Å². The minimum absolute atomic E-state index is 0.0952. The molecule has 0 unspecified atom stereocenters. The van der Waals surface area contributed by atoms with Gasteiger partial charge in [0.05, 0.1) is 0 Å². The summed E-state index contributed by atoms with van der Waals surface area (Å²) in [5.74, 6) is 1.08. The fraction of sp³-hybridized carbons (Fsp3) is 0.304. The van der Waals surface area contributed by atoms with Crippen LogP contribution in [0.2, 0.25) is 5.02 Å². The molecule has 1 aromatic heterocycles. The Morgan fingerprint density at radius 2 is 1.76 bits per heavy atom. The van der Waals surface area contributed by atoms with E-state index in [0.29, 0.717) is 13.1 Å². The Bertz CT molecular complexity index is 1000. The van der Waals surface area contributed by atoms with Gasteiger partial charge in [-0.05, 0) is 49.2 Å². The Morgan fingerprint density at radius 1 is 1.03 bits per heavy atom. The van der Waals surface area contributed by atoms with Gasteiger partial charge in [-0.15, -0.1) is 0 Å². The van der Waals surface area contributed by atoms with Crippen molar-refractivity contribution in [1.29, 1.82) is 0 Å². The second-order valence-electron chi connectivity index (χ2n) is 7.51. The van der Waals surface area contributed by atoms with E-state index in [4.69, 9.17) is 11.6 Å². The molecule has 1 saturated heterocycles. The van der Waals surface area contributed by atoms with Crippen molar-refractivity contribution in [3.8, 4) is 0 Å². The summed E-state index contributed by atoms with van der Waals surface area (Å²) in [6.45, 7) is 7.88. The number of amides is 1. The van der Waals surface area contributed by atoms with E-state index in [1.807, 2.05) is 60.5 Å². The maximum atomic E-state index is 12.9. The number of piperazine rings is 1. The Hall–Kier alpha value is -2.79. The average molecular weight is 409 g/mol. The van der Waals surface area contributed by atoms with E-state index < -0.39 is 0 Å². The van der Waals surface area contributed by atoms with Gasteiger partial charge in [-0.25, -0.2) is 4.98 Å². The minimum Gasteiger partial charge on any atom is -0.368 e. The van der Waals surface area contributed by atoms with Gasteiger partial charge in [0.15, 0.2) is 0 Å². The summed E-state index contributed by atoms with van der Waals surface area (Å²) in [6, 6.07) is 13.9. The van der Waals surface area contributed by atoms with Crippen LogP contribution < -0.4 is 4.90 Å². The molecule has 2 aromatic carbocycles. The molecule has 2 heterocycles. The zero-order valence-electron chi connectivity index (χ0n) is 16.8. The van der Waals surface area contributed by atoms with Gasteiger partial charge in [-0.1, -0.05) is 29.8 Å².